The Morgan fingerprint density at radius 1 is 1.56 bits per heavy atom. The molecule has 1 fully saturated rings. The van der Waals surface area contributed by atoms with Gasteiger partial charge >= 0.3 is 0 Å². The summed E-state index contributed by atoms with van der Waals surface area (Å²) in [4.78, 5) is 10.4. The number of hydrogen-bond acceptors (Lipinski definition) is 6. The van der Waals surface area contributed by atoms with Gasteiger partial charge in [0.1, 0.15) is 18.0 Å². The molecule has 0 saturated carbocycles. The molecule has 6 nitrogen and oxygen atoms in total. The van der Waals surface area contributed by atoms with Gasteiger partial charge in [0.05, 0.1) is 6.10 Å². The highest BCUT2D eigenvalue weighted by molar-refractivity contribution is 5.57. The molecule has 6 heteroatoms. The van der Waals surface area contributed by atoms with E-state index in [1.54, 1.807) is 0 Å². The number of anilines is 2. The zero-order chi connectivity index (χ0) is 11.5. The molecule has 2 heterocycles. The Morgan fingerprint density at radius 3 is 3.06 bits per heavy atom. The van der Waals surface area contributed by atoms with Crippen molar-refractivity contribution in [3.63, 3.8) is 0 Å². The maximum absolute atomic E-state index is 9.63. The Bertz CT molecular complexity index is 370. The molecule has 0 aromatic carbocycles. The van der Waals surface area contributed by atoms with Crippen LogP contribution in [0.5, 0.6) is 0 Å². The van der Waals surface area contributed by atoms with Crippen LogP contribution in [0, 0.1) is 6.92 Å². The Hall–Kier alpha value is -1.40. The average Bonchev–Trinajstić information content (AvgIpc) is 2.29. The second kappa shape index (κ2) is 4.63. The van der Waals surface area contributed by atoms with Crippen LogP contribution in [0.4, 0.5) is 11.6 Å². The van der Waals surface area contributed by atoms with E-state index in [4.69, 9.17) is 5.84 Å². The summed E-state index contributed by atoms with van der Waals surface area (Å²) in [5.41, 5.74) is 3.46. The monoisotopic (exact) mass is 223 g/mol. The van der Waals surface area contributed by atoms with E-state index in [-0.39, 0.29) is 6.10 Å². The Morgan fingerprint density at radius 2 is 2.38 bits per heavy atom. The van der Waals surface area contributed by atoms with Crippen molar-refractivity contribution in [2.45, 2.75) is 25.9 Å². The summed E-state index contributed by atoms with van der Waals surface area (Å²) in [7, 11) is 0. The van der Waals surface area contributed by atoms with Crippen LogP contribution in [-0.2, 0) is 0 Å². The number of nitrogens with two attached hydrogens (primary N) is 1. The first-order valence-corrected chi connectivity index (χ1v) is 5.43. The second-order valence-electron chi connectivity index (χ2n) is 4.06. The first-order chi connectivity index (χ1) is 7.72. The van der Waals surface area contributed by atoms with Crippen LogP contribution in [0.25, 0.3) is 0 Å². The van der Waals surface area contributed by atoms with Crippen LogP contribution in [-0.4, -0.2) is 34.3 Å². The molecule has 0 amide bonds. The van der Waals surface area contributed by atoms with Gasteiger partial charge in [0.2, 0.25) is 0 Å². The third kappa shape index (κ3) is 2.07. The molecule has 1 aliphatic heterocycles. The summed E-state index contributed by atoms with van der Waals surface area (Å²) in [6.07, 6.45) is 3.06. The standard InChI is InChI=1S/C10H17N5O/c1-7-9(14-11)12-6-13-10(7)15-4-2-3-8(16)5-15/h6,8,16H,2-5,11H2,1H3,(H,12,13,14). The quantitative estimate of drug-likeness (QED) is 0.484. The third-order valence-electron chi connectivity index (χ3n) is 2.89. The van der Waals surface area contributed by atoms with E-state index < -0.39 is 0 Å². The van der Waals surface area contributed by atoms with E-state index in [9.17, 15) is 5.11 Å². The summed E-state index contributed by atoms with van der Waals surface area (Å²) in [6, 6.07) is 0. The van der Waals surface area contributed by atoms with Crippen molar-refractivity contribution in [2.24, 2.45) is 5.84 Å². The fourth-order valence-corrected chi connectivity index (χ4v) is 2.05. The number of hydrogen-bond donors (Lipinski definition) is 3. The van der Waals surface area contributed by atoms with E-state index in [2.05, 4.69) is 20.3 Å². The summed E-state index contributed by atoms with van der Waals surface area (Å²) in [6.45, 7) is 3.46. The summed E-state index contributed by atoms with van der Waals surface area (Å²) >= 11 is 0. The number of hydrazine groups is 1. The maximum Gasteiger partial charge on any atom is 0.148 e. The number of aromatic nitrogens is 2. The number of piperidine rings is 1. The van der Waals surface area contributed by atoms with Crippen molar-refractivity contribution in [2.75, 3.05) is 23.4 Å². The second-order valence-corrected chi connectivity index (χ2v) is 4.06. The number of nitrogen functional groups attached to an aromatic ring is 1. The zero-order valence-corrected chi connectivity index (χ0v) is 9.35. The van der Waals surface area contributed by atoms with Crippen molar-refractivity contribution in [3.05, 3.63) is 11.9 Å². The molecule has 2 rings (SSSR count). The number of β-amino-alcohol motifs (C(OH)–C–C–N with tert-alkyl or cyclic N) is 1. The SMILES string of the molecule is Cc1c(NN)ncnc1N1CCCC(O)C1. The molecule has 1 aliphatic rings. The molecule has 4 N–H and O–H groups in total. The highest BCUT2D eigenvalue weighted by Crippen LogP contribution is 2.24. The molecule has 1 unspecified atom stereocenters. The molecular formula is C10H17N5O. The molecule has 0 bridgehead atoms. The highest BCUT2D eigenvalue weighted by atomic mass is 16.3. The molecule has 16 heavy (non-hydrogen) atoms. The lowest BCUT2D eigenvalue weighted by Gasteiger charge is -2.32. The van der Waals surface area contributed by atoms with Gasteiger partial charge in [-0.2, -0.15) is 0 Å². The van der Waals surface area contributed by atoms with Crippen molar-refractivity contribution in [1.29, 1.82) is 0 Å². The van der Waals surface area contributed by atoms with E-state index in [1.807, 2.05) is 6.92 Å². The van der Waals surface area contributed by atoms with Gasteiger partial charge in [0.15, 0.2) is 0 Å². The molecule has 0 spiro atoms. The van der Waals surface area contributed by atoms with Gasteiger partial charge in [-0.15, -0.1) is 0 Å². The summed E-state index contributed by atoms with van der Waals surface area (Å²) < 4.78 is 0. The number of aliphatic hydroxyl groups is 1. The van der Waals surface area contributed by atoms with Crippen LogP contribution < -0.4 is 16.2 Å². The van der Waals surface area contributed by atoms with Gasteiger partial charge in [-0.1, -0.05) is 0 Å². The lowest BCUT2D eigenvalue weighted by atomic mass is 10.1. The van der Waals surface area contributed by atoms with Crippen LogP contribution >= 0.6 is 0 Å². The summed E-state index contributed by atoms with van der Waals surface area (Å²) in [5, 5.41) is 9.63. The number of aliphatic hydroxyl groups excluding tert-OH is 1. The Balaban J connectivity index is 2.25. The molecule has 1 atom stereocenters. The minimum Gasteiger partial charge on any atom is -0.391 e. The number of rotatable bonds is 2. The van der Waals surface area contributed by atoms with E-state index in [1.165, 1.54) is 6.33 Å². The van der Waals surface area contributed by atoms with Gasteiger partial charge in [-0.3, -0.25) is 0 Å². The van der Waals surface area contributed by atoms with Gasteiger partial charge in [-0.25, -0.2) is 15.8 Å². The maximum atomic E-state index is 9.63. The van der Waals surface area contributed by atoms with Gasteiger partial charge in [0, 0.05) is 18.7 Å². The van der Waals surface area contributed by atoms with E-state index in [0.717, 1.165) is 30.8 Å². The first kappa shape index (κ1) is 11.1. The predicted molar refractivity (Wildman–Crippen MR) is 62.0 cm³/mol. The van der Waals surface area contributed by atoms with Crippen molar-refractivity contribution < 1.29 is 5.11 Å². The fraction of sp³-hybridized carbons (Fsp3) is 0.600. The van der Waals surface area contributed by atoms with Gasteiger partial charge in [-0.05, 0) is 19.8 Å². The molecule has 0 radical (unpaired) electrons. The van der Waals surface area contributed by atoms with Crippen LogP contribution in [0.15, 0.2) is 6.33 Å². The van der Waals surface area contributed by atoms with Crippen LogP contribution in [0.2, 0.25) is 0 Å². The van der Waals surface area contributed by atoms with Crippen molar-refractivity contribution in [3.8, 4) is 0 Å². The Labute approximate surface area is 94.5 Å². The van der Waals surface area contributed by atoms with Gasteiger partial charge in [0.25, 0.3) is 0 Å². The minimum atomic E-state index is -0.266. The average molecular weight is 223 g/mol. The van der Waals surface area contributed by atoms with Crippen LogP contribution in [0.1, 0.15) is 18.4 Å². The predicted octanol–water partition coefficient (Wildman–Crippen LogP) is 0.0317. The molecule has 1 saturated heterocycles. The molecule has 1 aromatic heterocycles. The lowest BCUT2D eigenvalue weighted by molar-refractivity contribution is 0.154. The van der Waals surface area contributed by atoms with Crippen molar-refractivity contribution >= 4 is 11.6 Å². The smallest absolute Gasteiger partial charge is 0.148 e. The summed E-state index contributed by atoms with van der Waals surface area (Å²) in [5.74, 6) is 6.85. The Kier molecular flexibility index (Phi) is 3.21. The highest BCUT2D eigenvalue weighted by Gasteiger charge is 2.21. The molecular weight excluding hydrogens is 206 g/mol. The zero-order valence-electron chi connectivity index (χ0n) is 9.35. The molecule has 0 aliphatic carbocycles. The number of nitrogens with one attached hydrogen (secondary N) is 1. The largest absolute Gasteiger partial charge is 0.391 e. The van der Waals surface area contributed by atoms with E-state index in [0.29, 0.717) is 12.4 Å². The first-order valence-electron chi connectivity index (χ1n) is 5.43. The molecule has 1 aromatic rings. The number of nitrogens with zero attached hydrogens (tertiary/aromatic N) is 3. The third-order valence-corrected chi connectivity index (χ3v) is 2.89. The van der Waals surface area contributed by atoms with Crippen molar-refractivity contribution in [1.82, 2.24) is 9.97 Å². The van der Waals surface area contributed by atoms with Gasteiger partial charge < -0.3 is 15.4 Å². The van der Waals surface area contributed by atoms with E-state index >= 15 is 0 Å². The minimum absolute atomic E-state index is 0.266. The fourth-order valence-electron chi connectivity index (χ4n) is 2.05. The molecule has 88 valence electrons. The lowest BCUT2D eigenvalue weighted by Crippen LogP contribution is -2.39. The normalized spacial score (nSPS) is 20.9. The topological polar surface area (TPSA) is 87.3 Å². The van der Waals surface area contributed by atoms with Crippen LogP contribution in [0.3, 0.4) is 0 Å².